The molecule has 0 aliphatic carbocycles. The Hall–Kier alpha value is -0.820. The number of halogens is 1. The third-order valence-electron chi connectivity index (χ3n) is 1.51. The van der Waals surface area contributed by atoms with Gasteiger partial charge in [0.1, 0.15) is 0 Å². The van der Waals surface area contributed by atoms with Crippen LogP contribution in [0.1, 0.15) is 12.5 Å². The quantitative estimate of drug-likeness (QED) is 0.664. The molecule has 0 atom stereocenters. The van der Waals surface area contributed by atoms with Gasteiger partial charge in [-0.1, -0.05) is 58.4 Å². The van der Waals surface area contributed by atoms with Crippen LogP contribution in [0.4, 0.5) is 0 Å². The van der Waals surface area contributed by atoms with Crippen LogP contribution in [-0.4, -0.2) is 0 Å². The van der Waals surface area contributed by atoms with Gasteiger partial charge >= 0.3 is 0 Å². The van der Waals surface area contributed by atoms with Crippen molar-refractivity contribution in [3.63, 3.8) is 0 Å². The van der Waals surface area contributed by atoms with Crippen LogP contribution in [0.25, 0.3) is 6.08 Å². The van der Waals surface area contributed by atoms with Crippen LogP contribution in [0, 0.1) is 0 Å². The van der Waals surface area contributed by atoms with E-state index in [9.17, 15) is 0 Å². The summed E-state index contributed by atoms with van der Waals surface area (Å²) < 4.78 is 0. The maximum absolute atomic E-state index is 3.28. The van der Waals surface area contributed by atoms with Crippen LogP contribution in [-0.2, 0) is 0 Å². The lowest BCUT2D eigenvalue weighted by Crippen LogP contribution is -1.69. The normalized spacial score (nSPS) is 12.3. The molecule has 12 heavy (non-hydrogen) atoms. The van der Waals surface area contributed by atoms with Crippen LogP contribution < -0.4 is 0 Å². The lowest BCUT2D eigenvalue weighted by molar-refractivity contribution is 1.56. The molecule has 0 nitrogen and oxygen atoms in total. The molecule has 0 amide bonds. The Bertz CT molecular complexity index is 283. The van der Waals surface area contributed by atoms with Gasteiger partial charge in [-0.3, -0.25) is 0 Å². The lowest BCUT2D eigenvalue weighted by atomic mass is 10.2. The molecule has 1 aromatic rings. The number of hydrogen-bond donors (Lipinski definition) is 0. The molecular weight excluding hydrogens is 212 g/mol. The van der Waals surface area contributed by atoms with Crippen molar-refractivity contribution >= 4 is 22.0 Å². The summed E-state index contributed by atoms with van der Waals surface area (Å²) in [5, 5.41) is 0. The zero-order chi connectivity index (χ0) is 8.81. The summed E-state index contributed by atoms with van der Waals surface area (Å²) >= 11 is 3.28. The van der Waals surface area contributed by atoms with E-state index in [1.807, 2.05) is 30.1 Å². The molecule has 0 aromatic heterocycles. The van der Waals surface area contributed by atoms with Gasteiger partial charge in [0.25, 0.3) is 0 Å². The molecule has 0 aliphatic rings. The molecule has 0 N–H and O–H groups in total. The summed E-state index contributed by atoms with van der Waals surface area (Å²) in [6.07, 6.45) is 4.16. The number of benzene rings is 1. The minimum atomic E-state index is 1.21. The third-order valence-corrected chi connectivity index (χ3v) is 2.23. The molecule has 0 radical (unpaired) electrons. The van der Waals surface area contributed by atoms with Gasteiger partial charge in [0.15, 0.2) is 0 Å². The van der Waals surface area contributed by atoms with Crippen LogP contribution in [0.15, 0.2) is 47.0 Å². The molecule has 1 heteroatoms. The van der Waals surface area contributed by atoms with E-state index in [0.29, 0.717) is 0 Å². The molecule has 0 aliphatic heterocycles. The van der Waals surface area contributed by atoms with Crippen molar-refractivity contribution < 1.29 is 0 Å². The third kappa shape index (κ3) is 3.05. The Morgan fingerprint density at radius 2 is 1.92 bits per heavy atom. The average molecular weight is 223 g/mol. The number of allylic oxidation sites excluding steroid dienone is 2. The topological polar surface area (TPSA) is 0 Å². The van der Waals surface area contributed by atoms with Gasteiger partial charge < -0.3 is 0 Å². The van der Waals surface area contributed by atoms with E-state index in [0.717, 1.165) is 0 Å². The van der Waals surface area contributed by atoms with Crippen molar-refractivity contribution in [2.24, 2.45) is 0 Å². The summed E-state index contributed by atoms with van der Waals surface area (Å²) in [5.41, 5.74) is 2.44. The summed E-state index contributed by atoms with van der Waals surface area (Å²) in [4.78, 5) is 1.91. The summed E-state index contributed by atoms with van der Waals surface area (Å²) in [7, 11) is 0. The Morgan fingerprint density at radius 1 is 1.25 bits per heavy atom. The first-order chi connectivity index (χ1) is 5.83. The van der Waals surface area contributed by atoms with Crippen molar-refractivity contribution in [3.05, 3.63) is 52.5 Å². The minimum Gasteiger partial charge on any atom is -0.0622 e. The fourth-order valence-corrected chi connectivity index (χ4v) is 0.981. The van der Waals surface area contributed by atoms with Gasteiger partial charge in [0.05, 0.1) is 0 Å². The summed E-state index contributed by atoms with van der Waals surface area (Å²) in [6.45, 7) is 2.05. The first kappa shape index (κ1) is 9.27. The van der Waals surface area contributed by atoms with E-state index in [2.05, 4.69) is 40.2 Å². The van der Waals surface area contributed by atoms with E-state index in [1.165, 1.54) is 11.1 Å². The highest BCUT2D eigenvalue weighted by molar-refractivity contribution is 9.11. The Labute approximate surface area is 81.7 Å². The average Bonchev–Trinajstić information content (AvgIpc) is 2.16. The second-order valence-corrected chi connectivity index (χ2v) is 3.05. The molecule has 0 saturated carbocycles. The van der Waals surface area contributed by atoms with Crippen molar-refractivity contribution in [2.45, 2.75) is 6.92 Å². The molecule has 62 valence electrons. The zero-order valence-electron chi connectivity index (χ0n) is 7.00. The molecule has 1 aromatic carbocycles. The van der Waals surface area contributed by atoms with E-state index >= 15 is 0 Å². The first-order valence-electron chi connectivity index (χ1n) is 3.83. The molecule has 0 bridgehead atoms. The first-order valence-corrected chi connectivity index (χ1v) is 4.74. The van der Waals surface area contributed by atoms with E-state index < -0.39 is 0 Å². The SMILES string of the molecule is CC(=C/Br)/C=C/c1ccccc1. The smallest absolute Gasteiger partial charge is 0.0160 e. The second-order valence-electron chi connectivity index (χ2n) is 2.60. The molecule has 1 rings (SSSR count). The molecule has 0 fully saturated rings. The van der Waals surface area contributed by atoms with E-state index in [-0.39, 0.29) is 0 Å². The van der Waals surface area contributed by atoms with Crippen molar-refractivity contribution in [3.8, 4) is 0 Å². The van der Waals surface area contributed by atoms with Gasteiger partial charge in [-0.05, 0) is 23.0 Å². The van der Waals surface area contributed by atoms with E-state index in [4.69, 9.17) is 0 Å². The molecule has 0 spiro atoms. The fraction of sp³-hybridized carbons (Fsp3) is 0.0909. The predicted molar refractivity (Wildman–Crippen MR) is 58.2 cm³/mol. The minimum absolute atomic E-state index is 1.21. The Kier molecular flexibility index (Phi) is 3.81. The van der Waals surface area contributed by atoms with Crippen molar-refractivity contribution in [1.82, 2.24) is 0 Å². The summed E-state index contributed by atoms with van der Waals surface area (Å²) in [5.74, 6) is 0. The number of rotatable bonds is 2. The van der Waals surface area contributed by atoms with Crippen molar-refractivity contribution in [1.29, 1.82) is 0 Å². The zero-order valence-corrected chi connectivity index (χ0v) is 8.58. The molecular formula is C11H11Br. The number of hydrogen-bond acceptors (Lipinski definition) is 0. The predicted octanol–water partition coefficient (Wildman–Crippen LogP) is 4.00. The highest BCUT2D eigenvalue weighted by Crippen LogP contribution is 2.05. The lowest BCUT2D eigenvalue weighted by Gasteiger charge is -1.90. The van der Waals surface area contributed by atoms with Crippen LogP contribution in [0.5, 0.6) is 0 Å². The molecule has 0 saturated heterocycles. The second kappa shape index (κ2) is 4.94. The monoisotopic (exact) mass is 222 g/mol. The van der Waals surface area contributed by atoms with Gasteiger partial charge in [-0.25, -0.2) is 0 Å². The van der Waals surface area contributed by atoms with Crippen LogP contribution in [0.3, 0.4) is 0 Å². The molecule has 0 unspecified atom stereocenters. The maximum atomic E-state index is 3.28. The van der Waals surface area contributed by atoms with E-state index in [1.54, 1.807) is 0 Å². The highest BCUT2D eigenvalue weighted by Gasteiger charge is 1.82. The Balaban J connectivity index is 2.70. The van der Waals surface area contributed by atoms with Gasteiger partial charge in [0.2, 0.25) is 0 Å². The summed E-state index contributed by atoms with van der Waals surface area (Å²) in [6, 6.07) is 10.3. The van der Waals surface area contributed by atoms with Crippen LogP contribution in [0.2, 0.25) is 0 Å². The fourth-order valence-electron chi connectivity index (χ4n) is 0.828. The highest BCUT2D eigenvalue weighted by atomic mass is 79.9. The maximum Gasteiger partial charge on any atom is -0.0160 e. The largest absolute Gasteiger partial charge is 0.0622 e. The van der Waals surface area contributed by atoms with Crippen molar-refractivity contribution in [2.75, 3.05) is 0 Å². The van der Waals surface area contributed by atoms with Gasteiger partial charge in [-0.2, -0.15) is 0 Å². The Morgan fingerprint density at radius 3 is 2.50 bits per heavy atom. The van der Waals surface area contributed by atoms with Crippen LogP contribution >= 0.6 is 15.9 Å². The molecule has 0 heterocycles. The van der Waals surface area contributed by atoms with Gasteiger partial charge in [0, 0.05) is 0 Å². The standard InChI is InChI=1S/C11H11Br/c1-10(9-12)7-8-11-5-3-2-4-6-11/h2-9H,1H3/b8-7+,10-9-. The van der Waals surface area contributed by atoms with Gasteiger partial charge in [-0.15, -0.1) is 0 Å².